The predicted octanol–water partition coefficient (Wildman–Crippen LogP) is 3.58. The highest BCUT2D eigenvalue weighted by molar-refractivity contribution is 9.10. The highest BCUT2D eigenvalue weighted by atomic mass is 79.9. The first-order valence-corrected chi connectivity index (χ1v) is 11.4. The Hall–Kier alpha value is -2.81. The number of hydrogen-bond donors (Lipinski definition) is 2. The normalized spacial score (nSPS) is 13.5. The summed E-state index contributed by atoms with van der Waals surface area (Å²) >= 11 is 3.20. The van der Waals surface area contributed by atoms with Gasteiger partial charge < -0.3 is 4.42 Å². The Morgan fingerprint density at radius 3 is 2.61 bits per heavy atom. The van der Waals surface area contributed by atoms with Gasteiger partial charge in [-0.2, -0.15) is 9.98 Å². The molecule has 162 valence electrons. The van der Waals surface area contributed by atoms with Crippen LogP contribution in [0.3, 0.4) is 0 Å². The lowest BCUT2D eigenvalue weighted by Crippen LogP contribution is -2.33. The van der Waals surface area contributed by atoms with Crippen molar-refractivity contribution in [2.45, 2.75) is 37.6 Å². The van der Waals surface area contributed by atoms with Gasteiger partial charge in [-0.3, -0.25) is 0 Å². The largest absolute Gasteiger partial charge is 0.434 e. The van der Waals surface area contributed by atoms with Crippen LogP contribution in [0.4, 0.5) is 4.39 Å². The first-order chi connectivity index (χ1) is 14.5. The second-order valence-corrected chi connectivity index (χ2v) is 9.59. The van der Waals surface area contributed by atoms with Crippen molar-refractivity contribution < 1.29 is 17.2 Å². The van der Waals surface area contributed by atoms with E-state index in [4.69, 9.17) is 4.42 Å². The third-order valence-corrected chi connectivity index (χ3v) is 7.03. The lowest BCUT2D eigenvalue weighted by molar-refractivity contribution is 0.376. The molecule has 3 rings (SSSR count). The van der Waals surface area contributed by atoms with Gasteiger partial charge in [-0.05, 0) is 54.8 Å². The first kappa shape index (κ1) is 22.9. The molecule has 2 N–H and O–H groups in total. The monoisotopic (exact) mass is 508 g/mol. The van der Waals surface area contributed by atoms with Crippen molar-refractivity contribution in [3.05, 3.63) is 79.3 Å². The summed E-state index contributed by atoms with van der Waals surface area (Å²) in [5.74, 6) is -2.47. The second kappa shape index (κ2) is 8.74. The van der Waals surface area contributed by atoms with E-state index < -0.39 is 33.6 Å². The standard InChI is InChI=1S/C20H18BrFN4O4S/c1-10-4-6-15(22)17(11(10)2)12(3)18(19-24-25-20(27)30-19)26-31(28,29)16-7-5-14(21)8-13(16)9-23/h4-8,12,18,26H,1-3H3,(H,25,27). The Balaban J connectivity index is 2.13. The van der Waals surface area contributed by atoms with E-state index in [1.165, 1.54) is 24.3 Å². The molecule has 11 heteroatoms. The number of aromatic amines is 1. The van der Waals surface area contributed by atoms with Crippen molar-refractivity contribution in [2.75, 3.05) is 0 Å². The molecule has 0 aliphatic rings. The van der Waals surface area contributed by atoms with Gasteiger partial charge in [0.1, 0.15) is 17.9 Å². The minimum Gasteiger partial charge on any atom is -0.391 e. The molecule has 0 radical (unpaired) electrons. The fraction of sp³-hybridized carbons (Fsp3) is 0.250. The molecule has 1 heterocycles. The van der Waals surface area contributed by atoms with Crippen LogP contribution in [0.25, 0.3) is 0 Å². The molecule has 0 bridgehead atoms. The zero-order chi connectivity index (χ0) is 22.9. The zero-order valence-corrected chi connectivity index (χ0v) is 19.1. The summed E-state index contributed by atoms with van der Waals surface area (Å²) < 4.78 is 49.0. The third-order valence-electron chi connectivity index (χ3n) is 5.04. The minimum absolute atomic E-state index is 0.0883. The van der Waals surface area contributed by atoms with Crippen molar-refractivity contribution in [3.63, 3.8) is 0 Å². The summed E-state index contributed by atoms with van der Waals surface area (Å²) in [5, 5.41) is 15.2. The van der Waals surface area contributed by atoms with Crippen LogP contribution >= 0.6 is 15.9 Å². The van der Waals surface area contributed by atoms with Crippen molar-refractivity contribution in [2.24, 2.45) is 0 Å². The summed E-state index contributed by atoms with van der Waals surface area (Å²) in [5.41, 5.74) is 1.62. The highest BCUT2D eigenvalue weighted by Gasteiger charge is 2.34. The van der Waals surface area contributed by atoms with Gasteiger partial charge in [-0.25, -0.2) is 22.7 Å². The molecule has 8 nitrogen and oxygen atoms in total. The van der Waals surface area contributed by atoms with Gasteiger partial charge in [0.25, 0.3) is 0 Å². The van der Waals surface area contributed by atoms with Gasteiger partial charge in [0.15, 0.2) is 0 Å². The van der Waals surface area contributed by atoms with Crippen molar-refractivity contribution >= 4 is 26.0 Å². The maximum absolute atomic E-state index is 14.7. The number of sulfonamides is 1. The van der Waals surface area contributed by atoms with Crippen LogP contribution in [0.2, 0.25) is 0 Å². The van der Waals surface area contributed by atoms with Gasteiger partial charge in [-0.1, -0.05) is 28.9 Å². The van der Waals surface area contributed by atoms with Gasteiger partial charge in [-0.15, -0.1) is 5.10 Å². The van der Waals surface area contributed by atoms with E-state index in [1.807, 2.05) is 6.07 Å². The van der Waals surface area contributed by atoms with E-state index in [2.05, 4.69) is 30.8 Å². The summed E-state index contributed by atoms with van der Waals surface area (Å²) in [6, 6.07) is 7.65. The predicted molar refractivity (Wildman–Crippen MR) is 113 cm³/mol. The molecule has 0 fully saturated rings. The SMILES string of the molecule is Cc1ccc(F)c(C(C)C(NS(=O)(=O)c2ccc(Br)cc2C#N)c2n[nH]c(=O)o2)c1C. The van der Waals surface area contributed by atoms with Crippen molar-refractivity contribution in [1.82, 2.24) is 14.9 Å². The van der Waals surface area contributed by atoms with Crippen LogP contribution in [0.5, 0.6) is 0 Å². The molecule has 1 aromatic heterocycles. The smallest absolute Gasteiger partial charge is 0.391 e. The number of hydrogen-bond acceptors (Lipinski definition) is 6. The highest BCUT2D eigenvalue weighted by Crippen LogP contribution is 2.35. The third kappa shape index (κ3) is 4.61. The number of benzene rings is 2. The summed E-state index contributed by atoms with van der Waals surface area (Å²) in [7, 11) is -4.28. The Bertz CT molecular complexity index is 1340. The van der Waals surface area contributed by atoms with E-state index in [-0.39, 0.29) is 21.9 Å². The fourth-order valence-electron chi connectivity index (χ4n) is 3.33. The number of aromatic nitrogens is 2. The lowest BCUT2D eigenvalue weighted by Gasteiger charge is -2.25. The molecule has 0 aliphatic heterocycles. The Morgan fingerprint density at radius 2 is 2.00 bits per heavy atom. The maximum Gasteiger partial charge on any atom is 0.434 e. The zero-order valence-electron chi connectivity index (χ0n) is 16.7. The van der Waals surface area contributed by atoms with Crippen LogP contribution in [-0.2, 0) is 10.0 Å². The van der Waals surface area contributed by atoms with Crippen molar-refractivity contribution in [1.29, 1.82) is 5.26 Å². The molecule has 0 spiro atoms. The van der Waals surface area contributed by atoms with Crippen LogP contribution in [0, 0.1) is 31.0 Å². The maximum atomic E-state index is 14.7. The molecule has 31 heavy (non-hydrogen) atoms. The van der Waals surface area contributed by atoms with Crippen LogP contribution < -0.4 is 10.5 Å². The van der Waals surface area contributed by atoms with Gasteiger partial charge in [0.2, 0.25) is 15.9 Å². The van der Waals surface area contributed by atoms with E-state index in [1.54, 1.807) is 26.8 Å². The molecule has 2 atom stereocenters. The van der Waals surface area contributed by atoms with E-state index in [0.29, 0.717) is 10.0 Å². The fourth-order valence-corrected chi connectivity index (χ4v) is 5.09. The molecule has 3 aromatic rings. The summed E-state index contributed by atoms with van der Waals surface area (Å²) in [4.78, 5) is 11.3. The van der Waals surface area contributed by atoms with Gasteiger partial charge in [0.05, 0.1) is 10.5 Å². The quantitative estimate of drug-likeness (QED) is 0.523. The molecule has 0 amide bonds. The molecule has 0 saturated heterocycles. The molecule has 0 saturated carbocycles. The molecule has 2 aromatic carbocycles. The number of nitrogens with zero attached hydrogens (tertiary/aromatic N) is 2. The van der Waals surface area contributed by atoms with Gasteiger partial charge >= 0.3 is 5.76 Å². The van der Waals surface area contributed by atoms with Crippen LogP contribution in [0.15, 0.2) is 48.9 Å². The summed E-state index contributed by atoms with van der Waals surface area (Å²) in [6.07, 6.45) is 0. The number of nitrogens with one attached hydrogen (secondary N) is 2. The molecule has 0 aliphatic carbocycles. The lowest BCUT2D eigenvalue weighted by atomic mass is 9.88. The minimum atomic E-state index is -4.28. The Morgan fingerprint density at radius 1 is 1.29 bits per heavy atom. The van der Waals surface area contributed by atoms with E-state index in [9.17, 15) is 22.9 Å². The average molecular weight is 509 g/mol. The van der Waals surface area contributed by atoms with Crippen LogP contribution in [0.1, 0.15) is 47.0 Å². The number of H-pyrrole nitrogens is 1. The first-order valence-electron chi connectivity index (χ1n) is 9.08. The molecule has 2 unspecified atom stereocenters. The van der Waals surface area contributed by atoms with E-state index in [0.717, 1.165) is 5.56 Å². The number of nitriles is 1. The topological polar surface area (TPSA) is 129 Å². The molecular formula is C20H18BrFN4O4S. The van der Waals surface area contributed by atoms with E-state index >= 15 is 0 Å². The number of rotatable bonds is 6. The Kier molecular flexibility index (Phi) is 6.45. The second-order valence-electron chi connectivity index (χ2n) is 6.99. The Labute approximate surface area is 186 Å². The summed E-state index contributed by atoms with van der Waals surface area (Å²) in [6.45, 7) is 5.12. The number of aryl methyl sites for hydroxylation is 1. The number of halogens is 2. The molecular weight excluding hydrogens is 491 g/mol. The van der Waals surface area contributed by atoms with Crippen LogP contribution in [-0.4, -0.2) is 18.6 Å². The van der Waals surface area contributed by atoms with Gasteiger partial charge in [0, 0.05) is 10.4 Å². The van der Waals surface area contributed by atoms with Crippen molar-refractivity contribution in [3.8, 4) is 6.07 Å². The average Bonchev–Trinajstić information content (AvgIpc) is 3.14.